The third kappa shape index (κ3) is 1.78. The van der Waals surface area contributed by atoms with Gasteiger partial charge in [0.05, 0.1) is 0 Å². The van der Waals surface area contributed by atoms with E-state index in [0.29, 0.717) is 30.3 Å². The highest BCUT2D eigenvalue weighted by Gasteiger charge is 2.39. The first kappa shape index (κ1) is 11.6. The smallest absolute Gasteiger partial charge is 0.136 e. The van der Waals surface area contributed by atoms with Crippen LogP contribution >= 0.6 is 0 Å². The largest absolute Gasteiger partial charge is 0.508 e. The lowest BCUT2D eigenvalue weighted by Crippen LogP contribution is -2.27. The standard InChI is InChI=1S/C15H18O3/c1-2-3-9-6-14-12(8-13(9)17)11-5-4-10(16)7-15(11)18-14/h6,8,11,15,17H,2-5,7H2,1H3/t11-,15-/m0/s1. The number of aryl methyl sites for hydroxylation is 1. The van der Waals surface area contributed by atoms with E-state index >= 15 is 0 Å². The third-order valence-corrected chi connectivity index (χ3v) is 4.02. The number of Topliss-reactive ketones (excluding diaryl/α,β-unsaturated/α-hetero) is 1. The Morgan fingerprint density at radius 3 is 3.06 bits per heavy atom. The second-order valence-electron chi connectivity index (χ2n) is 5.31. The molecule has 2 atom stereocenters. The zero-order chi connectivity index (χ0) is 12.7. The summed E-state index contributed by atoms with van der Waals surface area (Å²) < 4.78 is 5.89. The minimum atomic E-state index is -0.00229. The quantitative estimate of drug-likeness (QED) is 0.872. The second-order valence-corrected chi connectivity index (χ2v) is 5.31. The lowest BCUT2D eigenvalue weighted by Gasteiger charge is -2.22. The number of benzene rings is 1. The molecule has 3 heteroatoms. The van der Waals surface area contributed by atoms with Crippen LogP contribution in [0.25, 0.3) is 0 Å². The van der Waals surface area contributed by atoms with Crippen LogP contribution in [-0.4, -0.2) is 17.0 Å². The van der Waals surface area contributed by atoms with Crippen molar-refractivity contribution < 1.29 is 14.6 Å². The molecule has 0 bridgehead atoms. The van der Waals surface area contributed by atoms with E-state index in [9.17, 15) is 9.90 Å². The van der Waals surface area contributed by atoms with E-state index in [2.05, 4.69) is 6.92 Å². The summed E-state index contributed by atoms with van der Waals surface area (Å²) in [6, 6.07) is 3.80. The summed E-state index contributed by atoms with van der Waals surface area (Å²) in [7, 11) is 0. The van der Waals surface area contributed by atoms with Crippen molar-refractivity contribution in [3.8, 4) is 11.5 Å². The van der Waals surface area contributed by atoms with Gasteiger partial charge in [0.2, 0.25) is 0 Å². The fourth-order valence-electron chi connectivity index (χ4n) is 3.10. The summed E-state index contributed by atoms with van der Waals surface area (Å²) in [5.41, 5.74) is 2.03. The predicted octanol–water partition coefficient (Wildman–Crippen LogP) is 2.94. The summed E-state index contributed by atoms with van der Waals surface area (Å²) in [6.07, 6.45) is 3.86. The highest BCUT2D eigenvalue weighted by Crippen LogP contribution is 2.46. The molecular formula is C15H18O3. The van der Waals surface area contributed by atoms with Crippen LogP contribution in [0.4, 0.5) is 0 Å². The highest BCUT2D eigenvalue weighted by atomic mass is 16.5. The van der Waals surface area contributed by atoms with E-state index in [4.69, 9.17) is 4.74 Å². The van der Waals surface area contributed by atoms with Crippen molar-refractivity contribution in [2.75, 3.05) is 0 Å². The molecule has 18 heavy (non-hydrogen) atoms. The van der Waals surface area contributed by atoms with Gasteiger partial charge in [-0.05, 0) is 30.5 Å². The number of phenols is 1. The summed E-state index contributed by atoms with van der Waals surface area (Å²) in [6.45, 7) is 2.09. The SMILES string of the molecule is CCCc1cc2c(cc1O)[C@@H]1CCC(=O)C[C@@H]1O2. The molecule has 0 saturated heterocycles. The molecule has 0 aromatic heterocycles. The molecule has 1 aliphatic heterocycles. The Labute approximate surface area is 107 Å². The van der Waals surface area contributed by atoms with Crippen molar-refractivity contribution in [3.63, 3.8) is 0 Å². The molecule has 1 aliphatic carbocycles. The van der Waals surface area contributed by atoms with Crippen LogP contribution in [0.5, 0.6) is 11.5 Å². The third-order valence-electron chi connectivity index (χ3n) is 4.02. The van der Waals surface area contributed by atoms with Gasteiger partial charge in [0.1, 0.15) is 23.4 Å². The minimum absolute atomic E-state index is 0.00229. The molecule has 1 heterocycles. The molecule has 0 amide bonds. The van der Waals surface area contributed by atoms with Crippen LogP contribution in [0, 0.1) is 0 Å². The van der Waals surface area contributed by atoms with E-state index in [0.717, 1.165) is 36.1 Å². The molecular weight excluding hydrogens is 228 g/mol. The number of ether oxygens (including phenoxy) is 1. The van der Waals surface area contributed by atoms with Crippen molar-refractivity contribution >= 4 is 5.78 Å². The Bertz CT molecular complexity index is 493. The summed E-state index contributed by atoms with van der Waals surface area (Å²) in [5, 5.41) is 10.0. The average Bonchev–Trinajstić information content (AvgIpc) is 2.66. The maximum atomic E-state index is 11.5. The minimum Gasteiger partial charge on any atom is -0.508 e. The van der Waals surface area contributed by atoms with E-state index in [1.807, 2.05) is 12.1 Å². The molecule has 3 nitrogen and oxygen atoms in total. The summed E-state index contributed by atoms with van der Waals surface area (Å²) in [4.78, 5) is 11.5. The zero-order valence-corrected chi connectivity index (χ0v) is 10.6. The molecule has 96 valence electrons. The fourth-order valence-corrected chi connectivity index (χ4v) is 3.10. The lowest BCUT2D eigenvalue weighted by molar-refractivity contribution is -0.122. The Kier molecular flexibility index (Phi) is 2.77. The number of fused-ring (bicyclic) bond motifs is 3. The normalized spacial score (nSPS) is 25.5. The number of carbonyl (C=O) groups is 1. The highest BCUT2D eigenvalue weighted by molar-refractivity contribution is 5.80. The van der Waals surface area contributed by atoms with Gasteiger partial charge in [-0.25, -0.2) is 0 Å². The fraction of sp³-hybridized carbons (Fsp3) is 0.533. The molecule has 2 aliphatic rings. The second kappa shape index (κ2) is 4.30. The van der Waals surface area contributed by atoms with E-state index in [1.165, 1.54) is 0 Å². The molecule has 1 aromatic rings. The van der Waals surface area contributed by atoms with Gasteiger partial charge in [0.15, 0.2) is 0 Å². The van der Waals surface area contributed by atoms with E-state index < -0.39 is 0 Å². The van der Waals surface area contributed by atoms with Crippen molar-refractivity contribution in [1.29, 1.82) is 0 Å². The monoisotopic (exact) mass is 246 g/mol. The first-order chi connectivity index (χ1) is 8.69. The molecule has 0 unspecified atom stereocenters. The molecule has 1 saturated carbocycles. The Balaban J connectivity index is 1.95. The predicted molar refractivity (Wildman–Crippen MR) is 68.1 cm³/mol. The molecule has 1 N–H and O–H groups in total. The van der Waals surface area contributed by atoms with Gasteiger partial charge in [0.25, 0.3) is 0 Å². The van der Waals surface area contributed by atoms with Gasteiger partial charge in [-0.1, -0.05) is 13.3 Å². The van der Waals surface area contributed by atoms with Gasteiger partial charge in [0, 0.05) is 24.3 Å². The number of phenolic OH excluding ortho intramolecular Hbond substituents is 1. The number of carbonyl (C=O) groups excluding carboxylic acids is 1. The zero-order valence-electron chi connectivity index (χ0n) is 10.6. The molecule has 0 spiro atoms. The first-order valence-corrected chi connectivity index (χ1v) is 6.73. The average molecular weight is 246 g/mol. The topological polar surface area (TPSA) is 46.5 Å². The molecule has 1 fully saturated rings. The van der Waals surface area contributed by atoms with Crippen LogP contribution in [0.15, 0.2) is 12.1 Å². The Hall–Kier alpha value is -1.51. The van der Waals surface area contributed by atoms with Gasteiger partial charge < -0.3 is 9.84 Å². The number of aromatic hydroxyl groups is 1. The van der Waals surface area contributed by atoms with Crippen molar-refractivity contribution in [2.24, 2.45) is 0 Å². The van der Waals surface area contributed by atoms with Crippen molar-refractivity contribution in [1.82, 2.24) is 0 Å². The first-order valence-electron chi connectivity index (χ1n) is 6.73. The number of hydrogen-bond acceptors (Lipinski definition) is 3. The molecule has 3 rings (SSSR count). The maximum Gasteiger partial charge on any atom is 0.136 e. The lowest BCUT2D eigenvalue weighted by atomic mass is 9.82. The van der Waals surface area contributed by atoms with Crippen LogP contribution in [0.1, 0.15) is 49.7 Å². The van der Waals surface area contributed by atoms with E-state index in [-0.39, 0.29) is 6.10 Å². The molecule has 0 radical (unpaired) electrons. The molecule has 1 aromatic carbocycles. The number of ketones is 1. The van der Waals surface area contributed by atoms with Crippen LogP contribution in [-0.2, 0) is 11.2 Å². The summed E-state index contributed by atoms with van der Waals surface area (Å²) >= 11 is 0. The summed E-state index contributed by atoms with van der Waals surface area (Å²) in [5.74, 6) is 1.83. The van der Waals surface area contributed by atoms with E-state index in [1.54, 1.807) is 0 Å². The van der Waals surface area contributed by atoms with Gasteiger partial charge in [-0.15, -0.1) is 0 Å². The van der Waals surface area contributed by atoms with Gasteiger partial charge in [-0.2, -0.15) is 0 Å². The van der Waals surface area contributed by atoms with Crippen LogP contribution in [0.2, 0.25) is 0 Å². The number of rotatable bonds is 2. The van der Waals surface area contributed by atoms with Crippen LogP contribution < -0.4 is 4.74 Å². The van der Waals surface area contributed by atoms with Crippen LogP contribution in [0.3, 0.4) is 0 Å². The Morgan fingerprint density at radius 2 is 2.28 bits per heavy atom. The van der Waals surface area contributed by atoms with Crippen molar-refractivity contribution in [2.45, 2.75) is 51.0 Å². The maximum absolute atomic E-state index is 11.5. The Morgan fingerprint density at radius 1 is 1.44 bits per heavy atom. The van der Waals surface area contributed by atoms with Gasteiger partial charge >= 0.3 is 0 Å². The van der Waals surface area contributed by atoms with Crippen molar-refractivity contribution in [3.05, 3.63) is 23.3 Å². The number of hydrogen-bond donors (Lipinski definition) is 1. The van der Waals surface area contributed by atoms with Gasteiger partial charge in [-0.3, -0.25) is 4.79 Å².